The zero-order chi connectivity index (χ0) is 24.3. The van der Waals surface area contributed by atoms with Gasteiger partial charge in [0.15, 0.2) is 0 Å². The summed E-state index contributed by atoms with van der Waals surface area (Å²) in [5.74, 6) is -0.164. The summed E-state index contributed by atoms with van der Waals surface area (Å²) in [4.78, 5) is 24.0. The van der Waals surface area contributed by atoms with Crippen molar-refractivity contribution in [3.8, 4) is 6.07 Å². The first-order chi connectivity index (χ1) is 15.7. The molecule has 1 aliphatic carbocycles. The van der Waals surface area contributed by atoms with Gasteiger partial charge in [0.25, 0.3) is 0 Å². The Balaban J connectivity index is 1.73. The highest BCUT2D eigenvalue weighted by molar-refractivity contribution is 5.76. The van der Waals surface area contributed by atoms with E-state index in [0.29, 0.717) is 12.8 Å². The Morgan fingerprint density at radius 1 is 1.18 bits per heavy atom. The molecule has 33 heavy (non-hydrogen) atoms. The molecule has 0 heterocycles. The van der Waals surface area contributed by atoms with Gasteiger partial charge in [-0.15, -0.1) is 0 Å². The van der Waals surface area contributed by atoms with Gasteiger partial charge in [-0.25, -0.2) is 4.79 Å². The lowest BCUT2D eigenvalue weighted by atomic mass is 9.93. The van der Waals surface area contributed by atoms with Crippen LogP contribution in [0.1, 0.15) is 77.3 Å². The highest BCUT2D eigenvalue weighted by Crippen LogP contribution is 2.26. The minimum atomic E-state index is -0.561. The van der Waals surface area contributed by atoms with Crippen LogP contribution in [0.4, 0.5) is 4.79 Å². The van der Waals surface area contributed by atoms with Crippen LogP contribution >= 0.6 is 0 Å². The molecular weight excluding hydrogens is 414 g/mol. The molecule has 0 saturated carbocycles. The summed E-state index contributed by atoms with van der Waals surface area (Å²) in [5.41, 5.74) is 3.14. The van der Waals surface area contributed by atoms with Crippen molar-refractivity contribution in [2.24, 2.45) is 0 Å². The molecule has 178 valence electrons. The van der Waals surface area contributed by atoms with E-state index in [1.54, 1.807) is 0 Å². The Morgan fingerprint density at radius 3 is 2.52 bits per heavy atom. The maximum absolute atomic E-state index is 12.2. The molecule has 6 nitrogen and oxygen atoms in total. The van der Waals surface area contributed by atoms with E-state index in [1.165, 1.54) is 24.0 Å². The molecule has 2 atom stereocenters. The van der Waals surface area contributed by atoms with Crippen LogP contribution in [0.2, 0.25) is 0 Å². The molecule has 1 aromatic carbocycles. The number of carbonyl (C=O) groups excluding carboxylic acids is 2. The Labute approximate surface area is 198 Å². The number of alkyl carbamates (subject to hydrolysis) is 1. The number of benzene rings is 1. The SMILES string of the molecule is C[C@@H](/C=C\CCC(=O)NC(C#N)Cc1ccc(C2=CCCCC2)cc1)NC(=O)OC(C)(C)C. The molecule has 0 spiro atoms. The van der Waals surface area contributed by atoms with Crippen molar-refractivity contribution in [1.29, 1.82) is 5.26 Å². The summed E-state index contributed by atoms with van der Waals surface area (Å²) in [7, 11) is 0. The number of ether oxygens (including phenoxy) is 1. The Kier molecular flexibility index (Phi) is 10.2. The van der Waals surface area contributed by atoms with E-state index in [4.69, 9.17) is 4.74 Å². The van der Waals surface area contributed by atoms with Crippen molar-refractivity contribution in [2.45, 2.75) is 90.3 Å². The zero-order valence-electron chi connectivity index (χ0n) is 20.3. The monoisotopic (exact) mass is 451 g/mol. The summed E-state index contributed by atoms with van der Waals surface area (Å²) in [6, 6.07) is 9.73. The summed E-state index contributed by atoms with van der Waals surface area (Å²) < 4.78 is 5.21. The zero-order valence-corrected chi connectivity index (χ0v) is 20.3. The molecule has 2 rings (SSSR count). The number of rotatable bonds is 9. The van der Waals surface area contributed by atoms with Crippen molar-refractivity contribution < 1.29 is 14.3 Å². The lowest BCUT2D eigenvalue weighted by Crippen LogP contribution is -2.36. The quantitative estimate of drug-likeness (QED) is 0.489. The predicted molar refractivity (Wildman–Crippen MR) is 131 cm³/mol. The predicted octanol–water partition coefficient (Wildman–Crippen LogP) is 5.44. The molecule has 0 aromatic heterocycles. The fourth-order valence-electron chi connectivity index (χ4n) is 3.64. The summed E-state index contributed by atoms with van der Waals surface area (Å²) in [6.07, 6.45) is 11.6. The molecule has 6 heteroatoms. The van der Waals surface area contributed by atoms with Crippen LogP contribution in [0.5, 0.6) is 0 Å². The van der Waals surface area contributed by atoms with Gasteiger partial charge in [-0.3, -0.25) is 4.79 Å². The van der Waals surface area contributed by atoms with E-state index in [9.17, 15) is 14.9 Å². The maximum atomic E-state index is 12.2. The van der Waals surface area contributed by atoms with E-state index in [0.717, 1.165) is 18.4 Å². The Morgan fingerprint density at radius 2 is 1.91 bits per heavy atom. The lowest BCUT2D eigenvalue weighted by Gasteiger charge is -2.21. The molecule has 2 amide bonds. The first kappa shape index (κ1) is 26.2. The summed E-state index contributed by atoms with van der Waals surface area (Å²) >= 11 is 0. The van der Waals surface area contributed by atoms with Gasteiger partial charge in [-0.1, -0.05) is 42.5 Å². The van der Waals surface area contributed by atoms with E-state index in [-0.39, 0.29) is 18.4 Å². The van der Waals surface area contributed by atoms with Gasteiger partial charge < -0.3 is 15.4 Å². The van der Waals surface area contributed by atoms with Gasteiger partial charge in [-0.2, -0.15) is 5.26 Å². The van der Waals surface area contributed by atoms with Gasteiger partial charge in [0, 0.05) is 18.9 Å². The second-order valence-electron chi connectivity index (χ2n) is 9.53. The number of amides is 2. The Bertz CT molecular complexity index is 889. The van der Waals surface area contributed by atoms with Crippen LogP contribution < -0.4 is 10.6 Å². The first-order valence-corrected chi connectivity index (χ1v) is 11.8. The highest BCUT2D eigenvalue weighted by atomic mass is 16.6. The molecule has 1 unspecified atom stereocenters. The normalized spacial score (nSPS) is 15.8. The first-order valence-electron chi connectivity index (χ1n) is 11.8. The number of nitriles is 1. The summed E-state index contributed by atoms with van der Waals surface area (Å²) in [5, 5.41) is 15.0. The van der Waals surface area contributed by atoms with Crippen molar-refractivity contribution in [1.82, 2.24) is 10.6 Å². The molecule has 1 aliphatic rings. The van der Waals surface area contributed by atoms with Crippen LogP contribution in [0.15, 0.2) is 42.5 Å². The molecule has 0 saturated heterocycles. The van der Waals surface area contributed by atoms with Gasteiger partial charge >= 0.3 is 6.09 Å². The second kappa shape index (κ2) is 12.8. The minimum Gasteiger partial charge on any atom is -0.444 e. The molecule has 1 aromatic rings. The molecule has 0 aliphatic heterocycles. The largest absolute Gasteiger partial charge is 0.444 e. The third-order valence-electron chi connectivity index (χ3n) is 5.25. The molecule has 0 bridgehead atoms. The topological polar surface area (TPSA) is 91.2 Å². The lowest BCUT2D eigenvalue weighted by molar-refractivity contribution is -0.121. The second-order valence-corrected chi connectivity index (χ2v) is 9.53. The molecule has 0 fully saturated rings. The van der Waals surface area contributed by atoms with Crippen LogP contribution in [-0.2, 0) is 16.0 Å². The van der Waals surface area contributed by atoms with Crippen LogP contribution in [0.25, 0.3) is 5.57 Å². The van der Waals surface area contributed by atoms with Crippen LogP contribution in [0, 0.1) is 11.3 Å². The third kappa shape index (κ3) is 10.4. The van der Waals surface area contributed by atoms with E-state index in [2.05, 4.69) is 34.9 Å². The van der Waals surface area contributed by atoms with Gasteiger partial charge in [0.2, 0.25) is 5.91 Å². The molecule has 0 radical (unpaired) electrons. The van der Waals surface area contributed by atoms with Gasteiger partial charge in [0.1, 0.15) is 11.6 Å². The fraction of sp³-hybridized carbons (Fsp3) is 0.519. The standard InChI is InChI=1S/C27H37N3O3/c1-20(29-26(32)33-27(2,3)4)10-8-9-13-25(31)30-24(19-28)18-21-14-16-23(17-15-21)22-11-6-5-7-12-22/h8,10-11,14-17,20,24H,5-7,9,12-13,18H2,1-4H3,(H,29,32)(H,30,31)/b10-8-/t20-,24?/m0/s1. The van der Waals surface area contributed by atoms with Crippen molar-refractivity contribution in [2.75, 3.05) is 0 Å². The van der Waals surface area contributed by atoms with E-state index < -0.39 is 17.7 Å². The highest BCUT2D eigenvalue weighted by Gasteiger charge is 2.17. The van der Waals surface area contributed by atoms with Crippen molar-refractivity contribution >= 4 is 17.6 Å². The average Bonchev–Trinajstić information content (AvgIpc) is 2.76. The molecule has 2 N–H and O–H groups in total. The van der Waals surface area contributed by atoms with Crippen LogP contribution in [-0.4, -0.2) is 29.7 Å². The van der Waals surface area contributed by atoms with Crippen LogP contribution in [0.3, 0.4) is 0 Å². The summed E-state index contributed by atoms with van der Waals surface area (Å²) in [6.45, 7) is 7.27. The van der Waals surface area contributed by atoms with Crippen molar-refractivity contribution in [3.05, 3.63) is 53.6 Å². The third-order valence-corrected chi connectivity index (χ3v) is 5.25. The fourth-order valence-corrected chi connectivity index (χ4v) is 3.64. The number of carbonyl (C=O) groups is 2. The molecular formula is C27H37N3O3. The smallest absolute Gasteiger partial charge is 0.408 e. The van der Waals surface area contributed by atoms with Gasteiger partial charge in [0.05, 0.1) is 6.07 Å². The average molecular weight is 452 g/mol. The number of hydrogen-bond acceptors (Lipinski definition) is 4. The van der Waals surface area contributed by atoms with E-state index in [1.807, 2.05) is 52.0 Å². The van der Waals surface area contributed by atoms with Gasteiger partial charge in [-0.05, 0) is 76.5 Å². The van der Waals surface area contributed by atoms with E-state index >= 15 is 0 Å². The number of nitrogens with one attached hydrogen (secondary N) is 2. The minimum absolute atomic E-state index is 0.164. The maximum Gasteiger partial charge on any atom is 0.408 e. The number of allylic oxidation sites excluding steroid dienone is 3. The number of nitrogens with zero attached hydrogens (tertiary/aromatic N) is 1. The Hall–Kier alpha value is -3.07. The number of hydrogen-bond donors (Lipinski definition) is 2. The van der Waals surface area contributed by atoms with Crippen molar-refractivity contribution in [3.63, 3.8) is 0 Å².